The summed E-state index contributed by atoms with van der Waals surface area (Å²) in [5, 5.41) is 8.85. The minimum Gasteiger partial charge on any atom is -0.355 e. The molecule has 0 radical (unpaired) electrons. The maximum Gasteiger partial charge on any atom is 0.239 e. The van der Waals surface area contributed by atoms with E-state index in [0.717, 1.165) is 4.90 Å². The van der Waals surface area contributed by atoms with E-state index in [-0.39, 0.29) is 18.0 Å². The highest BCUT2D eigenvalue weighted by molar-refractivity contribution is 7.85. The number of guanidine groups is 1. The van der Waals surface area contributed by atoms with Crippen molar-refractivity contribution in [1.29, 1.82) is 0 Å². The number of amides is 1. The van der Waals surface area contributed by atoms with Crippen LogP contribution in [0.4, 0.5) is 0 Å². The minimum atomic E-state index is -1.05. The Morgan fingerprint density at radius 3 is 2.39 bits per heavy atom. The van der Waals surface area contributed by atoms with Crippen molar-refractivity contribution in [3.63, 3.8) is 0 Å². The Kier molecular flexibility index (Phi) is 7.74. The lowest BCUT2D eigenvalue weighted by atomic mass is 10.1. The largest absolute Gasteiger partial charge is 0.355 e. The molecular weight excluding hydrogens is 312 g/mol. The first-order chi connectivity index (χ1) is 10.8. The first-order valence-electron chi connectivity index (χ1n) is 7.51. The molecule has 0 aliphatic rings. The molecule has 128 valence electrons. The van der Waals surface area contributed by atoms with Crippen LogP contribution in [0, 0.1) is 0 Å². The van der Waals surface area contributed by atoms with E-state index in [9.17, 15) is 9.00 Å². The fourth-order valence-electron chi connectivity index (χ4n) is 1.80. The van der Waals surface area contributed by atoms with Crippen LogP contribution in [-0.2, 0) is 15.6 Å². The molecule has 1 aromatic carbocycles. The van der Waals surface area contributed by atoms with Crippen molar-refractivity contribution in [3.05, 3.63) is 30.3 Å². The van der Waals surface area contributed by atoms with Crippen LogP contribution in [0.5, 0.6) is 0 Å². The van der Waals surface area contributed by atoms with E-state index in [1.165, 1.54) is 0 Å². The summed E-state index contributed by atoms with van der Waals surface area (Å²) in [6.07, 6.45) is 0. The van der Waals surface area contributed by atoms with Gasteiger partial charge in [-0.05, 0) is 32.9 Å². The van der Waals surface area contributed by atoms with E-state index in [0.29, 0.717) is 18.3 Å². The van der Waals surface area contributed by atoms with Gasteiger partial charge in [0.15, 0.2) is 5.96 Å². The second kappa shape index (κ2) is 9.29. The molecule has 0 aliphatic carbocycles. The molecule has 1 atom stereocenters. The van der Waals surface area contributed by atoms with Crippen LogP contribution in [-0.4, -0.2) is 47.5 Å². The number of hydrogen-bond acceptors (Lipinski definition) is 3. The molecule has 6 nitrogen and oxygen atoms in total. The summed E-state index contributed by atoms with van der Waals surface area (Å²) in [5.74, 6) is 0.881. The molecule has 0 saturated carbocycles. The summed E-state index contributed by atoms with van der Waals surface area (Å²) in [6, 6.07) is 9.33. The third-order valence-corrected chi connectivity index (χ3v) is 4.11. The zero-order chi connectivity index (χ0) is 17.3. The Hall–Kier alpha value is -1.89. The molecule has 0 bridgehead atoms. The average Bonchev–Trinajstić information content (AvgIpc) is 2.49. The third kappa shape index (κ3) is 8.35. The molecule has 23 heavy (non-hydrogen) atoms. The maximum absolute atomic E-state index is 12.1. The Morgan fingerprint density at radius 1 is 1.17 bits per heavy atom. The average molecular weight is 338 g/mol. The molecule has 1 rings (SSSR count). The van der Waals surface area contributed by atoms with Crippen LogP contribution in [0.2, 0.25) is 0 Å². The van der Waals surface area contributed by atoms with Crippen molar-refractivity contribution in [1.82, 2.24) is 16.0 Å². The monoisotopic (exact) mass is 338 g/mol. The molecule has 0 aromatic heterocycles. The number of carbonyl (C=O) groups is 1. The highest BCUT2D eigenvalue weighted by Gasteiger charge is 2.13. The van der Waals surface area contributed by atoms with Gasteiger partial charge in [0, 0.05) is 29.8 Å². The van der Waals surface area contributed by atoms with Crippen LogP contribution >= 0.6 is 0 Å². The van der Waals surface area contributed by atoms with Gasteiger partial charge >= 0.3 is 0 Å². The lowest BCUT2D eigenvalue weighted by Gasteiger charge is -2.21. The highest BCUT2D eigenvalue weighted by Crippen LogP contribution is 2.04. The van der Waals surface area contributed by atoms with Crippen molar-refractivity contribution >= 4 is 22.7 Å². The first-order valence-corrected chi connectivity index (χ1v) is 8.82. The van der Waals surface area contributed by atoms with Gasteiger partial charge in [-0.15, -0.1) is 0 Å². The van der Waals surface area contributed by atoms with Crippen LogP contribution < -0.4 is 16.0 Å². The van der Waals surface area contributed by atoms with E-state index >= 15 is 0 Å². The summed E-state index contributed by atoms with van der Waals surface area (Å²) in [5.41, 5.74) is -0.262. The lowest BCUT2D eigenvalue weighted by molar-refractivity contribution is -0.121. The number of carbonyl (C=O) groups excluding carboxylic acids is 1. The molecule has 0 saturated heterocycles. The Balaban J connectivity index is 2.32. The number of rotatable bonds is 6. The molecule has 1 aromatic rings. The quantitative estimate of drug-likeness (QED) is 0.531. The fourth-order valence-corrected chi connectivity index (χ4v) is 2.78. The number of nitrogens with one attached hydrogen (secondary N) is 3. The summed E-state index contributed by atoms with van der Waals surface area (Å²) in [6.45, 7) is 6.42. The zero-order valence-electron chi connectivity index (χ0n) is 14.2. The molecule has 0 fully saturated rings. The number of nitrogens with zero attached hydrogens (tertiary/aromatic N) is 1. The fraction of sp³-hybridized carbons (Fsp3) is 0.500. The van der Waals surface area contributed by atoms with Gasteiger partial charge in [-0.1, -0.05) is 18.2 Å². The van der Waals surface area contributed by atoms with E-state index < -0.39 is 10.8 Å². The van der Waals surface area contributed by atoms with Crippen LogP contribution in [0.1, 0.15) is 20.8 Å². The smallest absolute Gasteiger partial charge is 0.239 e. The number of benzene rings is 1. The van der Waals surface area contributed by atoms with E-state index in [2.05, 4.69) is 20.9 Å². The van der Waals surface area contributed by atoms with Gasteiger partial charge in [0.1, 0.15) is 0 Å². The van der Waals surface area contributed by atoms with E-state index in [4.69, 9.17) is 0 Å². The van der Waals surface area contributed by atoms with E-state index in [1.54, 1.807) is 7.05 Å². The van der Waals surface area contributed by atoms with E-state index in [1.807, 2.05) is 51.1 Å². The molecule has 1 unspecified atom stereocenters. The molecule has 1 amide bonds. The number of hydrogen-bond donors (Lipinski definition) is 3. The second-order valence-corrected chi connectivity index (χ2v) is 7.58. The predicted molar refractivity (Wildman–Crippen MR) is 95.0 cm³/mol. The van der Waals surface area contributed by atoms with Gasteiger partial charge in [-0.3, -0.25) is 14.0 Å². The first kappa shape index (κ1) is 19.2. The maximum atomic E-state index is 12.1. The molecule has 0 spiro atoms. The standard InChI is InChI=1S/C16H26N4O2S/c1-16(2,3)20-14(21)12-19-15(17-4)18-10-11-23(22)13-8-6-5-7-9-13/h5-9H,10-12H2,1-4H3,(H,20,21)(H2,17,18,19). The normalized spacial score (nSPS) is 13.3. The van der Waals surface area contributed by atoms with Crippen molar-refractivity contribution in [2.75, 3.05) is 25.9 Å². The van der Waals surface area contributed by atoms with Gasteiger partial charge in [0.25, 0.3) is 0 Å². The Bertz CT molecular complexity index is 553. The van der Waals surface area contributed by atoms with Gasteiger partial charge in [0.05, 0.1) is 17.3 Å². The summed E-state index contributed by atoms with van der Waals surface area (Å²) >= 11 is 0. The van der Waals surface area contributed by atoms with Crippen LogP contribution in [0.25, 0.3) is 0 Å². The van der Waals surface area contributed by atoms with Crippen molar-refractivity contribution in [2.45, 2.75) is 31.2 Å². The summed E-state index contributed by atoms with van der Waals surface area (Å²) in [4.78, 5) is 16.6. The predicted octanol–water partition coefficient (Wildman–Crippen LogP) is 0.874. The third-order valence-electron chi connectivity index (χ3n) is 2.74. The number of aliphatic imine (C=N–C) groups is 1. The second-order valence-electron chi connectivity index (χ2n) is 6.01. The topological polar surface area (TPSA) is 82.6 Å². The van der Waals surface area contributed by atoms with Crippen molar-refractivity contribution in [2.24, 2.45) is 4.99 Å². The van der Waals surface area contributed by atoms with Crippen LogP contribution in [0.15, 0.2) is 40.2 Å². The van der Waals surface area contributed by atoms with Crippen molar-refractivity contribution < 1.29 is 9.00 Å². The zero-order valence-corrected chi connectivity index (χ0v) is 15.0. The molecule has 0 heterocycles. The Labute approximate surface area is 140 Å². The van der Waals surface area contributed by atoms with Crippen LogP contribution in [0.3, 0.4) is 0 Å². The molecule has 0 aliphatic heterocycles. The van der Waals surface area contributed by atoms with Gasteiger partial charge in [-0.25, -0.2) is 0 Å². The van der Waals surface area contributed by atoms with Gasteiger partial charge < -0.3 is 16.0 Å². The highest BCUT2D eigenvalue weighted by atomic mass is 32.2. The molecular formula is C16H26N4O2S. The van der Waals surface area contributed by atoms with Crippen molar-refractivity contribution in [3.8, 4) is 0 Å². The van der Waals surface area contributed by atoms with Gasteiger partial charge in [-0.2, -0.15) is 0 Å². The molecule has 3 N–H and O–H groups in total. The van der Waals surface area contributed by atoms with Gasteiger partial charge in [0.2, 0.25) is 5.91 Å². The summed E-state index contributed by atoms with van der Waals surface area (Å²) < 4.78 is 12.1. The SMILES string of the molecule is CN=C(NCCS(=O)c1ccccc1)NCC(=O)NC(C)(C)C. The minimum absolute atomic E-state index is 0.103. The lowest BCUT2D eigenvalue weighted by Crippen LogP contribution is -2.48. The summed E-state index contributed by atoms with van der Waals surface area (Å²) in [7, 11) is 0.578. The Morgan fingerprint density at radius 2 is 1.83 bits per heavy atom. The molecule has 7 heteroatoms.